The molecular weight excluding hydrogens is 2010 g/mol. The smallest absolute Gasteiger partial charge is 0.294 e. The summed E-state index contributed by atoms with van der Waals surface area (Å²) in [5, 5.41) is 7.57. The zero-order valence-electron chi connectivity index (χ0n) is 83.7. The first-order chi connectivity index (χ1) is 68.6. The van der Waals surface area contributed by atoms with Gasteiger partial charge >= 0.3 is 0 Å². The predicted octanol–water partition coefficient (Wildman–Crippen LogP) is 18.9. The Morgan fingerprint density at radius 2 is 0.897 bits per heavy atom. The molecule has 7 aromatic carbocycles. The molecule has 4 aliphatic heterocycles. The number of fused-ring (bicyclic) bond motifs is 6. The van der Waals surface area contributed by atoms with E-state index in [0.29, 0.717) is 167 Å². The molecule has 39 heteroatoms. The van der Waals surface area contributed by atoms with Crippen molar-refractivity contribution < 1.29 is 119 Å². The summed E-state index contributed by atoms with van der Waals surface area (Å²) in [4.78, 5) is 31.6. The van der Waals surface area contributed by atoms with E-state index < -0.39 is 121 Å². The van der Waals surface area contributed by atoms with Crippen LogP contribution in [0.3, 0.4) is 0 Å². The maximum Gasteiger partial charge on any atom is 0.294 e. The highest BCUT2D eigenvalue weighted by Gasteiger charge is 2.48. The van der Waals surface area contributed by atoms with Gasteiger partial charge in [0.25, 0.3) is 70.8 Å². The summed E-state index contributed by atoms with van der Waals surface area (Å²) in [6.07, 6.45) is 28.3. The molecule has 31 nitrogen and oxygen atoms in total. The number of halogens is 1. The second-order valence-electron chi connectivity index (χ2n) is 40.3. The number of carbonyl (C=O) groups is 2. The van der Waals surface area contributed by atoms with Crippen molar-refractivity contribution in [1.82, 2.24) is 10.6 Å². The van der Waals surface area contributed by atoms with Gasteiger partial charge in [-0.05, 0) is 290 Å². The van der Waals surface area contributed by atoms with Gasteiger partial charge in [0.2, 0.25) is 23.2 Å². The van der Waals surface area contributed by atoms with E-state index in [4.69, 9.17) is 4.74 Å². The van der Waals surface area contributed by atoms with Crippen LogP contribution >= 0.6 is 0 Å². The number of nitrogens with one attached hydrogen (secondary N) is 2. The predicted molar refractivity (Wildman–Crippen MR) is 567 cm³/mol. The lowest BCUT2D eigenvalue weighted by Gasteiger charge is -2.28. The number of ether oxygens (including phenoxy) is 1. The third-order valence-electron chi connectivity index (χ3n) is 28.4. The zero-order valence-corrected chi connectivity index (χ0v) is 89.4. The highest BCUT2D eigenvalue weighted by Crippen LogP contribution is 2.53. The van der Waals surface area contributed by atoms with E-state index in [1.807, 2.05) is 104 Å². The third-order valence-corrected chi connectivity index (χ3v) is 34.2. The van der Waals surface area contributed by atoms with Crippen LogP contribution in [-0.2, 0) is 102 Å². The number of hydrogen-bond acceptors (Lipinski definition) is 20. The van der Waals surface area contributed by atoms with Gasteiger partial charge in [0.1, 0.15) is 30.4 Å². The van der Waals surface area contributed by atoms with Crippen molar-refractivity contribution in [1.29, 1.82) is 0 Å². The number of benzene rings is 7. The maximum atomic E-state index is 16.7. The Morgan fingerprint density at radius 3 is 1.47 bits per heavy atom. The fourth-order valence-electron chi connectivity index (χ4n) is 21.1. The van der Waals surface area contributed by atoms with Gasteiger partial charge in [0.15, 0.2) is 11.4 Å². The number of rotatable bonds is 49. The molecule has 0 bridgehead atoms. The minimum atomic E-state index is -4.59. The highest BCUT2D eigenvalue weighted by molar-refractivity contribution is 7.87. The first-order valence-electron chi connectivity index (χ1n) is 49.6. The molecule has 9 N–H and O–H groups in total. The minimum Gasteiger partial charge on any atom is -0.457 e. The molecule has 2 aliphatic carbocycles. The Labute approximate surface area is 858 Å². The van der Waals surface area contributed by atoms with Gasteiger partial charge in [-0.15, -0.1) is 0 Å². The summed E-state index contributed by atoms with van der Waals surface area (Å²) in [6.45, 7) is 19.2. The van der Waals surface area contributed by atoms with Crippen LogP contribution in [0.2, 0.25) is 0 Å². The number of carbonyl (C=O) groups excluding carboxylic acids is 2. The number of anilines is 3. The van der Waals surface area contributed by atoms with E-state index >= 15 is 4.39 Å². The first kappa shape index (κ1) is 113. The van der Waals surface area contributed by atoms with Gasteiger partial charge < -0.3 is 30.1 Å². The second kappa shape index (κ2) is 46.7. The summed E-state index contributed by atoms with van der Waals surface area (Å²) in [5.41, 5.74) is 12.3. The zero-order chi connectivity index (χ0) is 106. The van der Waals surface area contributed by atoms with E-state index in [1.165, 1.54) is 54.6 Å². The lowest BCUT2D eigenvalue weighted by atomic mass is 9.78. The third kappa shape index (κ3) is 28.4. The molecule has 0 radical (unpaired) electrons. The Balaban J connectivity index is 0.629. The van der Waals surface area contributed by atoms with Crippen molar-refractivity contribution >= 4 is 139 Å². The Hall–Kier alpha value is -10.5. The molecule has 13 rings (SSSR count). The molecule has 0 saturated carbocycles. The normalized spacial score (nSPS) is 18.1. The van der Waals surface area contributed by atoms with Crippen LogP contribution in [0.25, 0.3) is 16.3 Å². The van der Waals surface area contributed by atoms with Crippen LogP contribution in [0.1, 0.15) is 231 Å². The average molecular weight is 2150 g/mol. The van der Waals surface area contributed by atoms with E-state index in [9.17, 15) is 100 Å². The Kier molecular flexibility index (Phi) is 36.1. The van der Waals surface area contributed by atoms with Crippen molar-refractivity contribution in [2.24, 2.45) is 0 Å². The average Bonchev–Trinajstić information content (AvgIpc) is 1.56. The molecule has 0 fully saturated rings. The van der Waals surface area contributed by atoms with E-state index in [2.05, 4.69) is 77.8 Å². The quantitative estimate of drug-likeness (QED) is 0.00971. The number of hydrogen-bond donors (Lipinski definition) is 9. The Bertz CT molecular complexity index is 7330. The second-order valence-corrected chi connectivity index (χ2v) is 50.9. The van der Waals surface area contributed by atoms with E-state index in [1.54, 1.807) is 41.3 Å². The molecule has 7 aromatic rings. The maximum absolute atomic E-state index is 16.7. The fraction of sp³-hybridized carbons (Fsp3) is 0.439. The minimum absolute atomic E-state index is 0.0101. The highest BCUT2D eigenvalue weighted by atomic mass is 32.2. The van der Waals surface area contributed by atoms with Gasteiger partial charge in [0.05, 0.1) is 48.5 Å². The van der Waals surface area contributed by atoms with Crippen LogP contribution < -0.4 is 30.1 Å². The van der Waals surface area contributed by atoms with Crippen LogP contribution in [-0.4, -0.2) is 199 Å². The number of amides is 2. The lowest BCUT2D eigenvalue weighted by molar-refractivity contribution is -0.438. The van der Waals surface area contributed by atoms with E-state index in [0.717, 1.165) is 117 Å². The summed E-state index contributed by atoms with van der Waals surface area (Å²) in [5.74, 6) is -1.82. The SMILES string of the molecule is CC1(C)C(/C=C/C2=C(Oc3ccc(S(=O)(=O)O)cc3)C(=C/C=C3/N(CCCCS(=O)(=O)O)c4ccc(S(=O)(=O)O)cc4C3(C)C)/CCC2)=[N+](CCCCCC(=O)NCCCCCCNC(=O)CCCCC[N+]2=C(/C=C/C3=C(c4ccccc4F)C(=C/C=C4/N(CCCS(=O)(=O)O)c5ccc(N(CCCS(=O)(=O)O)CCCS(=O)(=O)O)cc5C4(C)C)/CCC3)C(C)(C)c3c2ccc2cc(S(=O)(=O)O)ccc32)c2ccccc21. The van der Waals surface area contributed by atoms with Crippen LogP contribution in [0, 0.1) is 5.82 Å². The lowest BCUT2D eigenvalue weighted by Crippen LogP contribution is -2.29. The van der Waals surface area contributed by atoms with Crippen molar-refractivity contribution in [2.75, 3.05) is 90.1 Å². The topological polar surface area (TPSA) is 464 Å². The Morgan fingerprint density at radius 1 is 0.425 bits per heavy atom. The van der Waals surface area contributed by atoms with Crippen molar-refractivity contribution in [2.45, 2.75) is 239 Å². The van der Waals surface area contributed by atoms with Gasteiger partial charge in [-0.2, -0.15) is 68.1 Å². The molecular formula is C107H134FN7O24S7+2. The molecule has 0 unspecified atom stereocenters. The monoisotopic (exact) mass is 2140 g/mol. The van der Waals surface area contributed by atoms with Gasteiger partial charge in [-0.3, -0.25) is 41.5 Å². The van der Waals surface area contributed by atoms with Crippen LogP contribution in [0.4, 0.5) is 32.8 Å². The molecule has 0 aromatic heterocycles. The largest absolute Gasteiger partial charge is 0.457 e. The molecule has 2 amide bonds. The summed E-state index contributed by atoms with van der Waals surface area (Å²) < 4.78 is 266. The molecule has 4 heterocycles. The molecule has 0 spiro atoms. The standard InChI is InChI=1S/C107H132FN7O24S7/c1-104(2)87-35-16-18-37-91(87)112(95(104)58-43-77-32-26-33-78(103(77)139-81-46-48-82(49-47-81)144(130,131)132)44-59-97-106(5,6)89-74-84(146(136,137)138)51-55-93(89)113(97)66-23-24-68-140(118,119)120)64-21-11-13-38-99(116)109-60-19-9-10-20-61-110-100(117)39-14-12-22-65-115-94-53-40-79-72-83(145(133,134)135)50-52-85(79)102(94)107(7,8)98(115)57-42-76-31-25-30-75(101(76)86-34-15-17-36-90(86)108)41-56-96-105(3,4)88-73-80(45-54-92(88)114(96)67-29-71-143(127,128)129)111(62-27-69-141(121,122)123)63-28-70-142(124,125)126/h15-18,34-37,40-59,72-74H,9-14,19-33,38-39,60-71H2,1-8H3,(H7-2,109,110,116,117,118,119,120,121,122,123,124,125,126,127,128,129,130,131,132,133,134,135,136,137,138)/p+2. The van der Waals surface area contributed by atoms with Crippen LogP contribution in [0.15, 0.2) is 242 Å². The number of unbranched alkanes of at least 4 members (excludes halogenated alkanes) is 8. The number of allylic oxidation sites excluding steroid dienone is 15. The summed E-state index contributed by atoms with van der Waals surface area (Å²) >= 11 is 0. The molecule has 788 valence electrons. The summed E-state index contributed by atoms with van der Waals surface area (Å²) in [6, 6.07) is 38.5. The summed E-state index contributed by atoms with van der Waals surface area (Å²) in [7, 11) is -31.0. The fourth-order valence-corrected chi connectivity index (χ4v) is 24.6. The molecule has 146 heavy (non-hydrogen) atoms. The molecule has 0 saturated heterocycles. The molecule has 6 aliphatic rings. The number of nitrogens with zero attached hydrogens (tertiary/aromatic N) is 5. The molecule has 0 atom stereocenters. The van der Waals surface area contributed by atoms with E-state index in [-0.39, 0.29) is 71.8 Å². The van der Waals surface area contributed by atoms with Crippen molar-refractivity contribution in [3.63, 3.8) is 0 Å². The van der Waals surface area contributed by atoms with Crippen molar-refractivity contribution in [3.8, 4) is 5.75 Å². The van der Waals surface area contributed by atoms with Gasteiger partial charge in [-0.25, -0.2) is 4.39 Å². The first-order valence-corrected chi connectivity index (χ1v) is 60.4. The van der Waals surface area contributed by atoms with Crippen LogP contribution in [0.5, 0.6) is 5.75 Å². The van der Waals surface area contributed by atoms with Crippen molar-refractivity contribution in [3.05, 3.63) is 261 Å². The van der Waals surface area contributed by atoms with Gasteiger partial charge in [0, 0.05) is 145 Å². The van der Waals surface area contributed by atoms with Gasteiger partial charge in [-0.1, -0.05) is 101 Å². The number of para-hydroxylation sites is 1.